The molecule has 3 rings (SSSR count). The van der Waals surface area contributed by atoms with Gasteiger partial charge in [-0.1, -0.05) is 6.07 Å². The van der Waals surface area contributed by atoms with Crippen LogP contribution in [0.1, 0.15) is 15.2 Å². The van der Waals surface area contributed by atoms with Gasteiger partial charge in [-0.3, -0.25) is 4.79 Å². The van der Waals surface area contributed by atoms with Crippen molar-refractivity contribution in [3.05, 3.63) is 57.5 Å². The summed E-state index contributed by atoms with van der Waals surface area (Å²) in [4.78, 5) is 14.2. The Morgan fingerprint density at radius 2 is 2.17 bits per heavy atom. The minimum Gasteiger partial charge on any atom is -0.289 e. The normalized spacial score (nSPS) is 16.9. The number of carbonyl (C=O) groups excluding carboxylic acids is 1. The largest absolute Gasteiger partial charge is 0.289 e. The molecule has 1 aliphatic rings. The second-order valence-corrected chi connectivity index (χ2v) is 5.94. The molecule has 0 aliphatic carbocycles. The fourth-order valence-electron chi connectivity index (χ4n) is 1.85. The van der Waals surface area contributed by atoms with Gasteiger partial charge in [-0.05, 0) is 35.7 Å². The Kier molecular flexibility index (Phi) is 3.06. The number of thiophene rings is 1. The van der Waals surface area contributed by atoms with Gasteiger partial charge in [0.1, 0.15) is 5.82 Å². The zero-order valence-corrected chi connectivity index (χ0v) is 11.0. The van der Waals surface area contributed by atoms with Crippen LogP contribution in [0.25, 0.3) is 6.08 Å². The first-order valence-corrected chi connectivity index (χ1v) is 7.32. The summed E-state index contributed by atoms with van der Waals surface area (Å²) in [5.41, 5.74) is 1.22. The Morgan fingerprint density at radius 3 is 2.94 bits per heavy atom. The molecule has 0 saturated carbocycles. The van der Waals surface area contributed by atoms with E-state index in [2.05, 4.69) is 0 Å². The highest BCUT2D eigenvalue weighted by Gasteiger charge is 2.22. The van der Waals surface area contributed by atoms with Crippen molar-refractivity contribution in [2.45, 2.75) is 4.90 Å². The Bertz CT molecular complexity index is 629. The monoisotopic (exact) mass is 276 g/mol. The second-order valence-electron chi connectivity index (χ2n) is 3.94. The molecule has 0 bridgehead atoms. The van der Waals surface area contributed by atoms with E-state index in [4.69, 9.17) is 0 Å². The molecule has 0 radical (unpaired) electrons. The Labute approximate surface area is 112 Å². The maximum atomic E-state index is 13.2. The molecule has 0 fully saturated rings. The van der Waals surface area contributed by atoms with E-state index in [0.717, 1.165) is 15.3 Å². The first-order chi connectivity index (χ1) is 8.74. The van der Waals surface area contributed by atoms with Crippen LogP contribution < -0.4 is 0 Å². The minimum atomic E-state index is -0.361. The number of ketones is 1. The van der Waals surface area contributed by atoms with Crippen LogP contribution >= 0.6 is 23.1 Å². The molecule has 1 aromatic heterocycles. The van der Waals surface area contributed by atoms with Gasteiger partial charge in [-0.25, -0.2) is 4.39 Å². The number of thioether (sulfide) groups is 1. The van der Waals surface area contributed by atoms with Gasteiger partial charge in [0.25, 0.3) is 0 Å². The highest BCUT2D eigenvalue weighted by Crippen LogP contribution is 2.34. The average Bonchev–Trinajstić information content (AvgIpc) is 2.86. The lowest BCUT2D eigenvalue weighted by Crippen LogP contribution is -2.12. The third-order valence-electron chi connectivity index (χ3n) is 2.72. The van der Waals surface area contributed by atoms with E-state index >= 15 is 0 Å². The topological polar surface area (TPSA) is 17.1 Å². The molecule has 1 nitrogen and oxygen atoms in total. The molecule has 2 aromatic rings. The van der Waals surface area contributed by atoms with Crippen molar-refractivity contribution in [1.29, 1.82) is 0 Å². The molecule has 0 spiro atoms. The number of carbonyl (C=O) groups is 1. The van der Waals surface area contributed by atoms with Crippen molar-refractivity contribution >= 4 is 35.0 Å². The van der Waals surface area contributed by atoms with Crippen molar-refractivity contribution in [3.63, 3.8) is 0 Å². The van der Waals surface area contributed by atoms with Crippen LogP contribution in [0.4, 0.5) is 4.39 Å². The summed E-state index contributed by atoms with van der Waals surface area (Å²) in [5.74, 6) is 0.228. The molecule has 2 heterocycles. The van der Waals surface area contributed by atoms with Gasteiger partial charge < -0.3 is 0 Å². The van der Waals surface area contributed by atoms with Crippen molar-refractivity contribution in [3.8, 4) is 0 Å². The lowest BCUT2D eigenvalue weighted by Gasteiger charge is -2.16. The van der Waals surface area contributed by atoms with Gasteiger partial charge in [-0.2, -0.15) is 0 Å². The quantitative estimate of drug-likeness (QED) is 0.724. The number of Topliss-reactive ketones (excluding diaryl/α,β-unsaturated/α-hetero) is 1. The van der Waals surface area contributed by atoms with Crippen LogP contribution in [0.15, 0.2) is 46.2 Å². The Hall–Kier alpha value is -1.39. The number of rotatable bonds is 1. The second kappa shape index (κ2) is 4.71. The molecule has 0 amide bonds. The highest BCUT2D eigenvalue weighted by molar-refractivity contribution is 7.99. The summed E-state index contributed by atoms with van der Waals surface area (Å²) in [5, 5.41) is 1.97. The summed E-state index contributed by atoms with van der Waals surface area (Å²) in [6, 6.07) is 8.32. The van der Waals surface area contributed by atoms with Crippen LogP contribution in [-0.4, -0.2) is 11.5 Å². The van der Waals surface area contributed by atoms with Crippen molar-refractivity contribution < 1.29 is 9.18 Å². The fraction of sp³-hybridized carbons (Fsp3) is 0.0714. The number of halogens is 1. The molecule has 1 aromatic carbocycles. The van der Waals surface area contributed by atoms with Gasteiger partial charge >= 0.3 is 0 Å². The molecule has 0 saturated heterocycles. The molecule has 0 unspecified atom stereocenters. The number of fused-ring (bicyclic) bond motifs is 1. The van der Waals surface area contributed by atoms with Gasteiger partial charge in [0.05, 0.1) is 0 Å². The van der Waals surface area contributed by atoms with Gasteiger partial charge in [0, 0.05) is 26.7 Å². The van der Waals surface area contributed by atoms with Gasteiger partial charge in [0.15, 0.2) is 5.78 Å². The Balaban J connectivity index is 2.01. The van der Waals surface area contributed by atoms with Gasteiger partial charge in [0.2, 0.25) is 0 Å². The van der Waals surface area contributed by atoms with E-state index < -0.39 is 0 Å². The van der Waals surface area contributed by atoms with Gasteiger partial charge in [-0.15, -0.1) is 23.1 Å². The number of hydrogen-bond acceptors (Lipinski definition) is 3. The predicted molar refractivity (Wildman–Crippen MR) is 73.8 cm³/mol. The third-order valence-corrected chi connectivity index (χ3v) is 4.66. The summed E-state index contributed by atoms with van der Waals surface area (Å²) in [6.07, 6.45) is 1.90. The van der Waals surface area contributed by atoms with Crippen molar-refractivity contribution in [2.75, 3.05) is 5.75 Å². The van der Waals surface area contributed by atoms with E-state index in [1.54, 1.807) is 29.2 Å². The van der Waals surface area contributed by atoms with Crippen molar-refractivity contribution in [2.24, 2.45) is 0 Å². The molecule has 0 N–H and O–H groups in total. The molecule has 1 aliphatic heterocycles. The standard InChI is InChI=1S/C14H9FOS2/c15-10-3-4-13-12(7-10)14(16)9(8-18-13)6-11-2-1-5-17-11/h1-7H,8H2/b9-6+. The van der Waals surface area contributed by atoms with Crippen LogP contribution in [0.5, 0.6) is 0 Å². The third kappa shape index (κ3) is 2.13. The van der Waals surface area contributed by atoms with Crippen molar-refractivity contribution in [1.82, 2.24) is 0 Å². The summed E-state index contributed by atoms with van der Waals surface area (Å²) in [7, 11) is 0. The van der Waals surface area contributed by atoms with Crippen LogP contribution in [0.2, 0.25) is 0 Å². The number of benzene rings is 1. The zero-order chi connectivity index (χ0) is 12.5. The fourth-order valence-corrected chi connectivity index (χ4v) is 3.53. The smallest absolute Gasteiger partial charge is 0.191 e. The maximum Gasteiger partial charge on any atom is 0.191 e. The zero-order valence-electron chi connectivity index (χ0n) is 9.35. The summed E-state index contributed by atoms with van der Waals surface area (Å²) < 4.78 is 13.2. The lowest BCUT2D eigenvalue weighted by atomic mass is 10.0. The van der Waals surface area contributed by atoms with Crippen LogP contribution in [0.3, 0.4) is 0 Å². The van der Waals surface area contributed by atoms with Crippen LogP contribution in [-0.2, 0) is 0 Å². The minimum absolute atomic E-state index is 0.0587. The Morgan fingerprint density at radius 1 is 1.28 bits per heavy atom. The first-order valence-electron chi connectivity index (χ1n) is 5.45. The molecule has 90 valence electrons. The van der Waals surface area contributed by atoms with Crippen LogP contribution in [0, 0.1) is 5.82 Å². The van der Waals surface area contributed by atoms with E-state index in [1.807, 2.05) is 23.6 Å². The highest BCUT2D eigenvalue weighted by atomic mass is 32.2. The van der Waals surface area contributed by atoms with E-state index in [-0.39, 0.29) is 11.6 Å². The summed E-state index contributed by atoms with van der Waals surface area (Å²) in [6.45, 7) is 0. The molecule has 18 heavy (non-hydrogen) atoms. The van der Waals surface area contributed by atoms with E-state index in [1.165, 1.54) is 12.1 Å². The summed E-state index contributed by atoms with van der Waals surface area (Å²) >= 11 is 3.17. The molecule has 4 heteroatoms. The SMILES string of the molecule is O=C1/C(=C/c2cccs2)CSc2ccc(F)cc21. The molecular formula is C14H9FOS2. The van der Waals surface area contributed by atoms with E-state index in [0.29, 0.717) is 11.3 Å². The number of hydrogen-bond donors (Lipinski definition) is 0. The maximum absolute atomic E-state index is 13.2. The average molecular weight is 276 g/mol. The molecular weight excluding hydrogens is 267 g/mol. The van der Waals surface area contributed by atoms with E-state index in [9.17, 15) is 9.18 Å². The first kappa shape index (κ1) is 11.7. The predicted octanol–water partition coefficient (Wildman–Crippen LogP) is 4.26. The lowest BCUT2D eigenvalue weighted by molar-refractivity contribution is 0.103. The molecule has 0 atom stereocenters.